The van der Waals surface area contributed by atoms with Crippen LogP contribution in [0.15, 0.2) is 59.4 Å². The molecule has 10 heteroatoms. The maximum absolute atomic E-state index is 14.4. The second kappa shape index (κ2) is 9.33. The Morgan fingerprint density at radius 2 is 1.47 bits per heavy atom. The van der Waals surface area contributed by atoms with Crippen molar-refractivity contribution in [2.45, 2.75) is 24.9 Å². The smallest absolute Gasteiger partial charge is 0.396 e. The first kappa shape index (κ1) is 25.9. The Kier molecular flexibility index (Phi) is 6.70. The molecule has 0 aliphatic heterocycles. The van der Waals surface area contributed by atoms with Crippen LogP contribution in [0.3, 0.4) is 0 Å². The Morgan fingerprint density at radius 1 is 0.889 bits per heavy atom. The van der Waals surface area contributed by atoms with Crippen molar-refractivity contribution < 1.29 is 23.1 Å². The van der Waals surface area contributed by atoms with Crippen molar-refractivity contribution in [1.29, 1.82) is 0 Å². The fraction of sp³-hybridized carbons (Fsp3) is 0.231. The number of halogens is 5. The van der Waals surface area contributed by atoms with E-state index in [0.29, 0.717) is 27.7 Å². The van der Waals surface area contributed by atoms with Crippen LogP contribution in [-0.4, -0.2) is 26.4 Å². The molecule has 0 bridgehead atoms. The van der Waals surface area contributed by atoms with E-state index in [9.17, 15) is 22.8 Å². The van der Waals surface area contributed by atoms with Crippen LogP contribution >= 0.6 is 23.2 Å². The number of carbonyl (C=O) groups is 1. The fourth-order valence-electron chi connectivity index (χ4n) is 4.60. The number of benzene rings is 3. The van der Waals surface area contributed by atoms with Crippen molar-refractivity contribution in [2.75, 3.05) is 0 Å². The number of carboxylic acid groups (broad SMARTS) is 1. The van der Waals surface area contributed by atoms with Gasteiger partial charge in [-0.15, -0.1) is 0 Å². The van der Waals surface area contributed by atoms with Crippen molar-refractivity contribution in [3.05, 3.63) is 91.8 Å². The summed E-state index contributed by atoms with van der Waals surface area (Å²) in [5, 5.41) is 9.33. The van der Waals surface area contributed by atoms with E-state index >= 15 is 0 Å². The Hall–Kier alpha value is -3.23. The predicted octanol–water partition coefficient (Wildman–Crippen LogP) is 7.00. The number of rotatable bonds is 5. The van der Waals surface area contributed by atoms with Crippen LogP contribution in [0.1, 0.15) is 40.2 Å². The number of hydrogen-bond acceptors (Lipinski definition) is 2. The van der Waals surface area contributed by atoms with Gasteiger partial charge in [0.25, 0.3) is 0 Å². The summed E-state index contributed by atoms with van der Waals surface area (Å²) in [6, 6.07) is 13.4. The highest BCUT2D eigenvalue weighted by atomic mass is 35.5. The number of nitrogens with zero attached hydrogens (tertiary/aromatic N) is 2. The molecule has 0 saturated carbocycles. The Balaban J connectivity index is 1.75. The maximum Gasteiger partial charge on any atom is 0.396 e. The van der Waals surface area contributed by atoms with Gasteiger partial charge in [-0.1, -0.05) is 54.4 Å². The lowest BCUT2D eigenvalue weighted by molar-refractivity contribution is -0.154. The summed E-state index contributed by atoms with van der Waals surface area (Å²) in [5.41, 5.74) is 2.05. The molecular formula is C26H21Cl2F3N2O3. The first-order valence-corrected chi connectivity index (χ1v) is 11.6. The van der Waals surface area contributed by atoms with E-state index in [4.69, 9.17) is 28.3 Å². The van der Waals surface area contributed by atoms with Crippen LogP contribution in [0.5, 0.6) is 0 Å². The molecule has 0 amide bonds. The van der Waals surface area contributed by atoms with Crippen molar-refractivity contribution in [1.82, 2.24) is 9.13 Å². The summed E-state index contributed by atoms with van der Waals surface area (Å²) in [6.45, 7) is 1.46. The SMILES string of the molecule is CC(c1ccc(-c2ccc(C(=O)O)c(Cl)c2)cc1Cl)C(c1ccc2c(c1)n(C)c(=O)n2C)C(F)(F)F. The van der Waals surface area contributed by atoms with Gasteiger partial charge in [0, 0.05) is 19.1 Å². The summed E-state index contributed by atoms with van der Waals surface area (Å²) in [6.07, 6.45) is -4.58. The molecule has 188 valence electrons. The lowest BCUT2D eigenvalue weighted by Crippen LogP contribution is -2.26. The molecule has 1 N–H and O–H groups in total. The van der Waals surface area contributed by atoms with Crippen LogP contribution < -0.4 is 5.69 Å². The van der Waals surface area contributed by atoms with Gasteiger partial charge in [-0.2, -0.15) is 13.2 Å². The van der Waals surface area contributed by atoms with Gasteiger partial charge in [0.15, 0.2) is 0 Å². The topological polar surface area (TPSA) is 64.2 Å². The summed E-state index contributed by atoms with van der Waals surface area (Å²) >= 11 is 12.5. The molecule has 0 saturated heterocycles. The molecule has 1 aromatic heterocycles. The monoisotopic (exact) mass is 536 g/mol. The van der Waals surface area contributed by atoms with Crippen LogP contribution in [0.4, 0.5) is 13.2 Å². The van der Waals surface area contributed by atoms with Gasteiger partial charge < -0.3 is 5.11 Å². The van der Waals surface area contributed by atoms with Gasteiger partial charge in [-0.3, -0.25) is 9.13 Å². The third kappa shape index (κ3) is 4.51. The van der Waals surface area contributed by atoms with Crippen LogP contribution in [0.25, 0.3) is 22.2 Å². The summed E-state index contributed by atoms with van der Waals surface area (Å²) < 4.78 is 45.8. The number of aryl methyl sites for hydroxylation is 2. The van der Waals surface area contributed by atoms with Crippen LogP contribution in [0, 0.1) is 0 Å². The van der Waals surface area contributed by atoms with Gasteiger partial charge in [-0.05, 0) is 58.5 Å². The zero-order valence-corrected chi connectivity index (χ0v) is 20.9. The van der Waals surface area contributed by atoms with Crippen LogP contribution in [-0.2, 0) is 14.1 Å². The second-order valence-corrected chi connectivity index (χ2v) is 9.51. The predicted molar refractivity (Wildman–Crippen MR) is 134 cm³/mol. The van der Waals surface area contributed by atoms with Crippen LogP contribution in [0.2, 0.25) is 10.0 Å². The van der Waals surface area contributed by atoms with Gasteiger partial charge in [-0.25, -0.2) is 9.59 Å². The average Bonchev–Trinajstić information content (AvgIpc) is 3.01. The number of hydrogen-bond donors (Lipinski definition) is 1. The lowest BCUT2D eigenvalue weighted by atomic mass is 9.81. The standard InChI is InChI=1S/C26H21Cl2F3N2O3/c1-13(17-7-4-14(10-19(17)27)15-5-8-18(24(34)35)20(28)11-15)23(26(29,30)31)16-6-9-21-22(12-16)33(3)25(36)32(21)2/h4-13,23H,1-3H3,(H,34,35). The number of fused-ring (bicyclic) bond motifs is 1. The minimum Gasteiger partial charge on any atom is -0.478 e. The summed E-state index contributed by atoms with van der Waals surface area (Å²) in [7, 11) is 3.09. The van der Waals surface area contributed by atoms with E-state index < -0.39 is 24.0 Å². The summed E-state index contributed by atoms with van der Waals surface area (Å²) in [5.74, 6) is -4.08. The van der Waals surface area contributed by atoms with E-state index in [0.717, 1.165) is 0 Å². The molecule has 0 radical (unpaired) electrons. The molecule has 4 rings (SSSR count). The van der Waals surface area contributed by atoms with Crippen molar-refractivity contribution >= 4 is 40.2 Å². The van der Waals surface area contributed by atoms with Crippen molar-refractivity contribution in [3.63, 3.8) is 0 Å². The van der Waals surface area contributed by atoms with E-state index in [-0.39, 0.29) is 26.9 Å². The van der Waals surface area contributed by atoms with Gasteiger partial charge in [0.2, 0.25) is 0 Å². The Labute approximate surface area is 214 Å². The number of alkyl halides is 3. The van der Waals surface area contributed by atoms with Crippen molar-refractivity contribution in [2.24, 2.45) is 14.1 Å². The minimum atomic E-state index is -4.58. The van der Waals surface area contributed by atoms with Crippen molar-refractivity contribution in [3.8, 4) is 11.1 Å². The second-order valence-electron chi connectivity index (χ2n) is 8.69. The largest absolute Gasteiger partial charge is 0.478 e. The number of aromatic carboxylic acids is 1. The quantitative estimate of drug-likeness (QED) is 0.298. The molecule has 0 spiro atoms. The molecule has 3 aromatic carbocycles. The zero-order chi connectivity index (χ0) is 26.5. The van der Waals surface area contributed by atoms with Gasteiger partial charge >= 0.3 is 17.8 Å². The molecule has 2 atom stereocenters. The maximum atomic E-state index is 14.4. The highest BCUT2D eigenvalue weighted by molar-refractivity contribution is 6.34. The van der Waals surface area contributed by atoms with E-state index in [1.54, 1.807) is 19.2 Å². The molecule has 1 heterocycles. The molecule has 0 aliphatic carbocycles. The Bertz CT molecular complexity index is 1560. The first-order valence-electron chi connectivity index (χ1n) is 10.9. The fourth-order valence-corrected chi connectivity index (χ4v) is 5.22. The molecular weight excluding hydrogens is 516 g/mol. The van der Waals surface area contributed by atoms with E-state index in [1.807, 2.05) is 0 Å². The highest BCUT2D eigenvalue weighted by Crippen LogP contribution is 2.47. The molecule has 4 aromatic rings. The number of aromatic nitrogens is 2. The third-order valence-electron chi connectivity index (χ3n) is 6.53. The third-order valence-corrected chi connectivity index (χ3v) is 7.17. The highest BCUT2D eigenvalue weighted by Gasteiger charge is 2.45. The van der Waals surface area contributed by atoms with E-state index in [1.165, 1.54) is 65.6 Å². The molecule has 36 heavy (non-hydrogen) atoms. The molecule has 0 fully saturated rings. The molecule has 2 unspecified atom stereocenters. The first-order chi connectivity index (χ1) is 16.8. The normalized spacial score (nSPS) is 13.7. The summed E-state index contributed by atoms with van der Waals surface area (Å²) in [4.78, 5) is 23.4. The van der Waals surface area contributed by atoms with Gasteiger partial charge in [0.05, 0.1) is 27.5 Å². The van der Waals surface area contributed by atoms with Gasteiger partial charge in [0.1, 0.15) is 0 Å². The number of imidazole rings is 1. The molecule has 0 aliphatic rings. The van der Waals surface area contributed by atoms with E-state index in [2.05, 4.69) is 0 Å². The lowest BCUT2D eigenvalue weighted by Gasteiger charge is -2.28. The Morgan fingerprint density at radius 3 is 2.03 bits per heavy atom. The zero-order valence-electron chi connectivity index (χ0n) is 19.4. The minimum absolute atomic E-state index is 0.0277. The number of carboxylic acids is 1. The molecule has 5 nitrogen and oxygen atoms in total. The average molecular weight is 537 g/mol.